The van der Waals surface area contributed by atoms with Crippen molar-refractivity contribution in [1.29, 1.82) is 0 Å². The molecule has 0 saturated heterocycles. The monoisotopic (exact) mass is 180 g/mol. The molecule has 0 aromatic heterocycles. The number of carbonyl (C=O) groups is 1. The normalized spacial score (nSPS) is 10.3. The molecule has 0 aliphatic heterocycles. The molecular formula is C9H10NO3. The lowest BCUT2D eigenvalue weighted by Gasteiger charge is -2.04. The smallest absolute Gasteiger partial charge is 0.326 e. The summed E-state index contributed by atoms with van der Waals surface area (Å²) in [4.78, 5) is 10.4. The molecule has 0 saturated carbocycles. The van der Waals surface area contributed by atoms with Crippen LogP contribution in [-0.4, -0.2) is 16.2 Å². The second-order valence-electron chi connectivity index (χ2n) is 2.67. The first-order chi connectivity index (χ1) is 6.09. The third kappa shape index (κ3) is 2.76. The number of nitrogens with two attached hydrogens (primary N) is 1. The van der Waals surface area contributed by atoms with Crippen molar-refractivity contribution in [3.05, 3.63) is 35.9 Å². The van der Waals surface area contributed by atoms with Gasteiger partial charge in [0.25, 0.3) is 0 Å². The van der Waals surface area contributed by atoms with Gasteiger partial charge in [-0.15, -0.1) is 0 Å². The summed E-state index contributed by atoms with van der Waals surface area (Å²) in [5, 5.41) is 17.4. The first kappa shape index (κ1) is 9.54. The molecule has 0 fully saturated rings. The molecule has 13 heavy (non-hydrogen) atoms. The number of carboxylic acid groups (broad SMARTS) is 1. The van der Waals surface area contributed by atoms with E-state index in [-0.39, 0.29) is 18.2 Å². The third-order valence-corrected chi connectivity index (χ3v) is 1.61. The summed E-state index contributed by atoms with van der Waals surface area (Å²) < 4.78 is 0. The topological polar surface area (TPSA) is 83.5 Å². The van der Waals surface area contributed by atoms with Crippen LogP contribution in [0.2, 0.25) is 0 Å². The van der Waals surface area contributed by atoms with Crippen molar-refractivity contribution >= 4 is 5.97 Å². The Hall–Kier alpha value is -1.55. The quantitative estimate of drug-likeness (QED) is 0.632. The van der Waals surface area contributed by atoms with E-state index in [2.05, 4.69) is 0 Å². The molecule has 4 N–H and O–H groups in total. The van der Waals surface area contributed by atoms with E-state index >= 15 is 0 Å². The Bertz CT molecular complexity index is 294. The van der Waals surface area contributed by atoms with Gasteiger partial charge in [-0.05, 0) is 17.7 Å². The van der Waals surface area contributed by atoms with Crippen LogP contribution in [-0.2, 0) is 11.2 Å². The molecule has 0 atom stereocenters. The van der Waals surface area contributed by atoms with Gasteiger partial charge >= 0.3 is 5.97 Å². The van der Waals surface area contributed by atoms with Gasteiger partial charge in [0.15, 0.2) is 0 Å². The number of hydrogen-bond donors (Lipinski definition) is 3. The largest absolute Gasteiger partial charge is 0.508 e. The van der Waals surface area contributed by atoms with Gasteiger partial charge in [-0.3, -0.25) is 4.79 Å². The van der Waals surface area contributed by atoms with Crippen LogP contribution in [0.1, 0.15) is 5.56 Å². The highest BCUT2D eigenvalue weighted by atomic mass is 16.4. The Morgan fingerprint density at radius 2 is 1.85 bits per heavy atom. The van der Waals surface area contributed by atoms with Crippen molar-refractivity contribution in [2.24, 2.45) is 5.73 Å². The van der Waals surface area contributed by atoms with Gasteiger partial charge in [-0.1, -0.05) is 12.1 Å². The fourth-order valence-corrected chi connectivity index (χ4v) is 0.909. The fourth-order valence-electron chi connectivity index (χ4n) is 0.909. The minimum atomic E-state index is -1.10. The SMILES string of the molecule is N[C](Cc1ccc(O)cc1)C(=O)O. The molecule has 0 heterocycles. The van der Waals surface area contributed by atoms with E-state index in [4.69, 9.17) is 15.9 Å². The van der Waals surface area contributed by atoms with E-state index in [9.17, 15) is 4.79 Å². The fraction of sp³-hybridized carbons (Fsp3) is 0.111. The molecule has 1 rings (SSSR count). The Morgan fingerprint density at radius 1 is 1.31 bits per heavy atom. The minimum Gasteiger partial charge on any atom is -0.508 e. The second kappa shape index (κ2) is 3.91. The summed E-state index contributed by atoms with van der Waals surface area (Å²) in [5.41, 5.74) is 6.00. The maximum atomic E-state index is 10.4. The van der Waals surface area contributed by atoms with Crippen LogP contribution in [0.3, 0.4) is 0 Å². The molecule has 69 valence electrons. The van der Waals surface area contributed by atoms with Crippen LogP contribution in [0, 0.1) is 6.04 Å². The number of aromatic hydroxyl groups is 1. The molecule has 0 aliphatic carbocycles. The van der Waals surface area contributed by atoms with Crippen LogP contribution < -0.4 is 5.73 Å². The average Bonchev–Trinajstić information content (AvgIpc) is 2.08. The Morgan fingerprint density at radius 3 is 2.31 bits per heavy atom. The summed E-state index contributed by atoms with van der Waals surface area (Å²) >= 11 is 0. The lowest BCUT2D eigenvalue weighted by Crippen LogP contribution is -2.22. The van der Waals surface area contributed by atoms with Gasteiger partial charge in [0.1, 0.15) is 11.8 Å². The minimum absolute atomic E-state index is 0.106. The molecular weight excluding hydrogens is 170 g/mol. The van der Waals surface area contributed by atoms with Crippen molar-refractivity contribution < 1.29 is 15.0 Å². The molecule has 4 heteroatoms. The maximum absolute atomic E-state index is 10.4. The Balaban J connectivity index is 2.64. The van der Waals surface area contributed by atoms with Crippen LogP contribution in [0.25, 0.3) is 0 Å². The summed E-state index contributed by atoms with van der Waals surface area (Å²) in [6, 6.07) is 6.14. The van der Waals surface area contributed by atoms with Gasteiger partial charge in [-0.2, -0.15) is 0 Å². The number of carboxylic acids is 1. The van der Waals surface area contributed by atoms with Crippen LogP contribution in [0.5, 0.6) is 5.75 Å². The highest BCUT2D eigenvalue weighted by molar-refractivity contribution is 5.82. The molecule has 1 aromatic carbocycles. The molecule has 1 radical (unpaired) electrons. The summed E-state index contributed by atoms with van der Waals surface area (Å²) in [6.07, 6.45) is 0.190. The number of rotatable bonds is 3. The van der Waals surface area contributed by atoms with E-state index in [0.29, 0.717) is 0 Å². The number of phenolic OH excluding ortho intramolecular Hbond substituents is 1. The van der Waals surface area contributed by atoms with E-state index in [1.165, 1.54) is 12.1 Å². The summed E-state index contributed by atoms with van der Waals surface area (Å²) in [7, 11) is 0. The van der Waals surface area contributed by atoms with Crippen LogP contribution in [0.15, 0.2) is 24.3 Å². The van der Waals surface area contributed by atoms with E-state index < -0.39 is 5.97 Å². The van der Waals surface area contributed by atoms with E-state index in [0.717, 1.165) is 5.56 Å². The predicted molar refractivity (Wildman–Crippen MR) is 46.9 cm³/mol. The van der Waals surface area contributed by atoms with Crippen molar-refractivity contribution in [3.63, 3.8) is 0 Å². The zero-order chi connectivity index (χ0) is 9.84. The van der Waals surface area contributed by atoms with Gasteiger partial charge in [0.05, 0.1) is 0 Å². The highest BCUT2D eigenvalue weighted by Crippen LogP contribution is 2.12. The van der Waals surface area contributed by atoms with Gasteiger partial charge in [-0.25, -0.2) is 0 Å². The molecule has 0 amide bonds. The first-order valence-electron chi connectivity index (χ1n) is 3.72. The molecule has 4 nitrogen and oxygen atoms in total. The zero-order valence-corrected chi connectivity index (χ0v) is 6.90. The van der Waals surface area contributed by atoms with Crippen molar-refractivity contribution in [3.8, 4) is 5.75 Å². The lowest BCUT2D eigenvalue weighted by atomic mass is 10.1. The Kier molecular flexibility index (Phi) is 2.87. The standard InChI is InChI=1S/C9H10NO3/c10-8(9(12)13)5-6-1-3-7(11)4-2-6/h1-4,11H,5,10H2,(H,12,13). The van der Waals surface area contributed by atoms with Crippen molar-refractivity contribution in [1.82, 2.24) is 0 Å². The molecule has 0 bridgehead atoms. The highest BCUT2D eigenvalue weighted by Gasteiger charge is 2.12. The van der Waals surface area contributed by atoms with Gasteiger partial charge in [0.2, 0.25) is 0 Å². The van der Waals surface area contributed by atoms with E-state index in [1.54, 1.807) is 12.1 Å². The summed E-state index contributed by atoms with van der Waals surface area (Å²) in [5.74, 6) is -0.953. The van der Waals surface area contributed by atoms with Gasteiger partial charge < -0.3 is 15.9 Å². The molecule has 0 unspecified atom stereocenters. The van der Waals surface area contributed by atoms with Crippen LogP contribution in [0.4, 0.5) is 0 Å². The number of benzene rings is 1. The first-order valence-corrected chi connectivity index (χ1v) is 3.72. The lowest BCUT2D eigenvalue weighted by molar-refractivity contribution is -0.135. The maximum Gasteiger partial charge on any atom is 0.326 e. The van der Waals surface area contributed by atoms with Crippen molar-refractivity contribution in [2.45, 2.75) is 6.42 Å². The second-order valence-corrected chi connectivity index (χ2v) is 2.67. The third-order valence-electron chi connectivity index (χ3n) is 1.61. The summed E-state index contributed by atoms with van der Waals surface area (Å²) in [6.45, 7) is 0. The number of phenols is 1. The predicted octanol–water partition coefficient (Wildman–Crippen LogP) is 0.510. The number of aliphatic carboxylic acids is 1. The molecule has 0 aliphatic rings. The average molecular weight is 180 g/mol. The Labute approximate surface area is 75.6 Å². The van der Waals surface area contributed by atoms with Crippen molar-refractivity contribution in [2.75, 3.05) is 0 Å². The van der Waals surface area contributed by atoms with Gasteiger partial charge in [0, 0.05) is 6.42 Å². The molecule has 1 aromatic rings. The molecule has 0 spiro atoms. The van der Waals surface area contributed by atoms with Crippen LogP contribution >= 0.6 is 0 Å². The number of hydrogen-bond acceptors (Lipinski definition) is 3. The van der Waals surface area contributed by atoms with E-state index in [1.807, 2.05) is 0 Å². The zero-order valence-electron chi connectivity index (χ0n) is 6.90.